The van der Waals surface area contributed by atoms with Gasteiger partial charge in [-0.15, -0.1) is 0 Å². The van der Waals surface area contributed by atoms with Gasteiger partial charge in [-0.2, -0.15) is 0 Å². The number of rotatable bonds is 4. The summed E-state index contributed by atoms with van der Waals surface area (Å²) in [6.07, 6.45) is 3.89. The number of furan rings is 1. The van der Waals surface area contributed by atoms with Gasteiger partial charge in [0.1, 0.15) is 15.8 Å². The van der Waals surface area contributed by atoms with Crippen molar-refractivity contribution in [3.05, 3.63) is 52.6 Å². The Morgan fingerprint density at radius 1 is 1.31 bits per heavy atom. The summed E-state index contributed by atoms with van der Waals surface area (Å²) in [5.41, 5.74) is 2.20. The molecule has 3 heterocycles. The Morgan fingerprint density at radius 3 is 2.92 bits per heavy atom. The van der Waals surface area contributed by atoms with E-state index in [-0.39, 0.29) is 12.0 Å². The predicted octanol–water partition coefficient (Wildman–Crippen LogP) is 4.64. The molecule has 0 spiro atoms. The maximum Gasteiger partial charge on any atom is 0.266 e. The van der Waals surface area contributed by atoms with Crippen molar-refractivity contribution in [3.63, 3.8) is 0 Å². The maximum atomic E-state index is 12.7. The minimum atomic E-state index is -0.0654. The Bertz CT molecular complexity index is 881. The van der Waals surface area contributed by atoms with E-state index in [1.165, 1.54) is 11.8 Å². The van der Waals surface area contributed by atoms with Gasteiger partial charge in [-0.25, -0.2) is 0 Å². The first-order valence-electron chi connectivity index (χ1n) is 8.64. The minimum absolute atomic E-state index is 0.0654. The molecule has 0 aliphatic carbocycles. The molecule has 2 saturated heterocycles. The standard InChI is InChI=1S/C20H19NO3S2/c1-13-5-2-3-7-16(13)17-9-8-14(24-17)11-18-19(22)21(20(25)26-18)12-15-6-4-10-23-15/h2-3,5,7-9,11,15H,4,6,10,12H2,1H3. The lowest BCUT2D eigenvalue weighted by Gasteiger charge is -2.18. The van der Waals surface area contributed by atoms with Gasteiger partial charge in [-0.05, 0) is 37.5 Å². The number of hydrogen-bond acceptors (Lipinski definition) is 5. The fraction of sp³-hybridized carbons (Fsp3) is 0.300. The highest BCUT2D eigenvalue weighted by atomic mass is 32.2. The average molecular weight is 386 g/mol. The Hall–Kier alpha value is -1.89. The normalized spacial score (nSPS) is 22.0. The van der Waals surface area contributed by atoms with Crippen LogP contribution >= 0.6 is 24.0 Å². The van der Waals surface area contributed by atoms with Crippen molar-refractivity contribution in [3.8, 4) is 11.3 Å². The number of carbonyl (C=O) groups excluding carboxylic acids is 1. The van der Waals surface area contributed by atoms with Gasteiger partial charge in [0.15, 0.2) is 0 Å². The van der Waals surface area contributed by atoms with E-state index in [0.717, 1.165) is 36.3 Å². The summed E-state index contributed by atoms with van der Waals surface area (Å²) >= 11 is 6.71. The molecule has 0 N–H and O–H groups in total. The number of ether oxygens (including phenoxy) is 1. The highest BCUT2D eigenvalue weighted by Gasteiger charge is 2.34. The summed E-state index contributed by atoms with van der Waals surface area (Å²) < 4.78 is 12.1. The van der Waals surface area contributed by atoms with Crippen molar-refractivity contribution in [2.24, 2.45) is 0 Å². The van der Waals surface area contributed by atoms with E-state index in [4.69, 9.17) is 21.4 Å². The Morgan fingerprint density at radius 2 is 2.15 bits per heavy atom. The third-order valence-corrected chi connectivity index (χ3v) is 5.97. The van der Waals surface area contributed by atoms with Crippen LogP contribution in [0, 0.1) is 6.92 Å². The van der Waals surface area contributed by atoms with Gasteiger partial charge in [0.2, 0.25) is 0 Å². The molecule has 26 heavy (non-hydrogen) atoms. The molecule has 4 rings (SSSR count). The minimum Gasteiger partial charge on any atom is -0.457 e. The van der Waals surface area contributed by atoms with Crippen LogP contribution in [-0.2, 0) is 9.53 Å². The lowest BCUT2D eigenvalue weighted by atomic mass is 10.1. The van der Waals surface area contributed by atoms with Crippen LogP contribution in [0.2, 0.25) is 0 Å². The van der Waals surface area contributed by atoms with Crippen LogP contribution in [0.25, 0.3) is 17.4 Å². The molecular formula is C20H19NO3S2. The van der Waals surface area contributed by atoms with Gasteiger partial charge >= 0.3 is 0 Å². The summed E-state index contributed by atoms with van der Waals surface area (Å²) in [7, 11) is 0. The molecule has 1 unspecified atom stereocenters. The smallest absolute Gasteiger partial charge is 0.266 e. The Balaban J connectivity index is 1.53. The first-order valence-corrected chi connectivity index (χ1v) is 9.87. The fourth-order valence-corrected chi connectivity index (χ4v) is 4.46. The summed E-state index contributed by atoms with van der Waals surface area (Å²) in [6.45, 7) is 3.35. The molecular weight excluding hydrogens is 366 g/mol. The first kappa shape index (κ1) is 17.5. The number of aryl methyl sites for hydroxylation is 1. The van der Waals surface area contributed by atoms with Crippen LogP contribution in [-0.4, -0.2) is 34.4 Å². The van der Waals surface area contributed by atoms with E-state index in [1.807, 2.05) is 43.3 Å². The van der Waals surface area contributed by atoms with Crippen LogP contribution in [0.5, 0.6) is 0 Å². The number of benzene rings is 1. The Labute approximate surface area is 162 Å². The third kappa shape index (κ3) is 3.49. The summed E-state index contributed by atoms with van der Waals surface area (Å²) in [5.74, 6) is 1.38. The number of thioether (sulfide) groups is 1. The maximum absolute atomic E-state index is 12.7. The summed E-state index contributed by atoms with van der Waals surface area (Å²) in [5, 5.41) is 0. The van der Waals surface area contributed by atoms with Gasteiger partial charge < -0.3 is 9.15 Å². The summed E-state index contributed by atoms with van der Waals surface area (Å²) in [4.78, 5) is 14.9. The van der Waals surface area contributed by atoms with Gasteiger partial charge in [-0.3, -0.25) is 9.69 Å². The molecule has 0 saturated carbocycles. The number of amides is 1. The molecule has 2 aliphatic heterocycles. The average Bonchev–Trinajstić information content (AvgIpc) is 3.35. The lowest BCUT2D eigenvalue weighted by molar-refractivity contribution is -0.123. The van der Waals surface area contributed by atoms with Crippen molar-refractivity contribution in [2.45, 2.75) is 25.9 Å². The largest absolute Gasteiger partial charge is 0.457 e. The molecule has 2 aliphatic rings. The second-order valence-corrected chi connectivity index (χ2v) is 8.12. The highest BCUT2D eigenvalue weighted by molar-refractivity contribution is 8.26. The van der Waals surface area contributed by atoms with Gasteiger partial charge in [0.25, 0.3) is 5.91 Å². The molecule has 2 aromatic rings. The van der Waals surface area contributed by atoms with Gasteiger partial charge in [0, 0.05) is 18.2 Å². The van der Waals surface area contributed by atoms with E-state index in [0.29, 0.717) is 21.5 Å². The molecule has 1 amide bonds. The molecule has 4 nitrogen and oxygen atoms in total. The highest BCUT2D eigenvalue weighted by Crippen LogP contribution is 2.34. The molecule has 1 atom stereocenters. The zero-order chi connectivity index (χ0) is 18.1. The molecule has 6 heteroatoms. The zero-order valence-electron chi connectivity index (χ0n) is 14.4. The number of nitrogens with zero attached hydrogens (tertiary/aromatic N) is 1. The van der Waals surface area contributed by atoms with Crippen LogP contribution in [0.1, 0.15) is 24.2 Å². The topological polar surface area (TPSA) is 42.7 Å². The summed E-state index contributed by atoms with van der Waals surface area (Å²) in [6, 6.07) is 11.9. The van der Waals surface area contributed by atoms with E-state index in [2.05, 4.69) is 0 Å². The van der Waals surface area contributed by atoms with Crippen molar-refractivity contribution in [2.75, 3.05) is 13.2 Å². The van der Waals surface area contributed by atoms with Crippen molar-refractivity contribution in [1.82, 2.24) is 4.90 Å². The van der Waals surface area contributed by atoms with E-state index in [1.54, 1.807) is 11.0 Å². The predicted molar refractivity (Wildman–Crippen MR) is 108 cm³/mol. The molecule has 2 fully saturated rings. The van der Waals surface area contributed by atoms with Crippen molar-refractivity contribution in [1.29, 1.82) is 0 Å². The molecule has 1 aromatic heterocycles. The quantitative estimate of drug-likeness (QED) is 0.567. The molecule has 134 valence electrons. The van der Waals surface area contributed by atoms with Crippen molar-refractivity contribution >= 4 is 40.3 Å². The molecule has 0 radical (unpaired) electrons. The first-order chi connectivity index (χ1) is 12.6. The Kier molecular flexibility index (Phi) is 4.98. The molecule has 0 bridgehead atoms. The van der Waals surface area contributed by atoms with Crippen LogP contribution < -0.4 is 0 Å². The van der Waals surface area contributed by atoms with E-state index < -0.39 is 0 Å². The van der Waals surface area contributed by atoms with Gasteiger partial charge in [-0.1, -0.05) is 48.2 Å². The van der Waals surface area contributed by atoms with Gasteiger partial charge in [0.05, 0.1) is 17.6 Å². The zero-order valence-corrected chi connectivity index (χ0v) is 16.1. The second-order valence-electron chi connectivity index (χ2n) is 6.44. The fourth-order valence-electron chi connectivity index (χ4n) is 3.20. The number of hydrogen-bond donors (Lipinski definition) is 0. The molecule has 1 aromatic carbocycles. The van der Waals surface area contributed by atoms with E-state index >= 15 is 0 Å². The number of thiocarbonyl (C=S) groups is 1. The second kappa shape index (κ2) is 7.39. The lowest BCUT2D eigenvalue weighted by Crippen LogP contribution is -2.35. The van der Waals surface area contributed by atoms with E-state index in [9.17, 15) is 4.79 Å². The van der Waals surface area contributed by atoms with Crippen molar-refractivity contribution < 1.29 is 13.9 Å². The van der Waals surface area contributed by atoms with Crippen LogP contribution in [0.3, 0.4) is 0 Å². The monoisotopic (exact) mass is 385 g/mol. The third-order valence-electron chi connectivity index (χ3n) is 4.59. The van der Waals surface area contributed by atoms with Crippen LogP contribution in [0.4, 0.5) is 0 Å². The number of carbonyl (C=O) groups is 1. The van der Waals surface area contributed by atoms with Crippen LogP contribution in [0.15, 0.2) is 45.7 Å². The SMILES string of the molecule is Cc1ccccc1-c1ccc(C=C2SC(=S)N(CC3CCCO3)C2=O)o1.